The molecule has 0 saturated carbocycles. The molecule has 0 amide bonds. The Labute approximate surface area is 153 Å². The van der Waals surface area contributed by atoms with E-state index in [-0.39, 0.29) is 12.2 Å². The number of rotatable bonds is 6. The third-order valence-corrected chi connectivity index (χ3v) is 5.12. The van der Waals surface area contributed by atoms with Crippen LogP contribution in [0.25, 0.3) is 10.9 Å². The summed E-state index contributed by atoms with van der Waals surface area (Å²) in [6, 6.07) is 6.30. The summed E-state index contributed by atoms with van der Waals surface area (Å²) in [5, 5.41) is 0.765. The summed E-state index contributed by atoms with van der Waals surface area (Å²) in [6.45, 7) is 6.83. The molecule has 1 aromatic carbocycles. The van der Waals surface area contributed by atoms with E-state index in [0.717, 1.165) is 5.39 Å². The maximum Gasteiger partial charge on any atom is 0.419 e. The van der Waals surface area contributed by atoms with E-state index in [2.05, 4.69) is 4.72 Å². The van der Waals surface area contributed by atoms with Crippen LogP contribution in [0.4, 0.5) is 4.79 Å². The molecule has 2 rings (SSSR count). The van der Waals surface area contributed by atoms with Gasteiger partial charge in [0.1, 0.15) is 11.9 Å². The van der Waals surface area contributed by atoms with Crippen molar-refractivity contribution in [3.05, 3.63) is 36.0 Å². The second-order valence-electron chi connectivity index (χ2n) is 6.99. The van der Waals surface area contributed by atoms with E-state index in [1.54, 1.807) is 39.1 Å². The van der Waals surface area contributed by atoms with Crippen LogP contribution >= 0.6 is 0 Å². The number of hydrogen-bond acceptors (Lipinski definition) is 5. The van der Waals surface area contributed by atoms with Gasteiger partial charge in [0.2, 0.25) is 10.0 Å². The maximum atomic E-state index is 12.5. The fourth-order valence-electron chi connectivity index (χ4n) is 2.54. The Bertz CT molecular complexity index is 909. The SMILES string of the molecule is CCS(=O)(=O)N[C@@H](C=O)Cc1cn(C(=O)OC(C)(C)C)c2ccccc12. The zero-order valence-electron chi connectivity index (χ0n) is 15.4. The van der Waals surface area contributed by atoms with Crippen molar-refractivity contribution in [2.45, 2.75) is 45.8 Å². The lowest BCUT2D eigenvalue weighted by atomic mass is 10.1. The summed E-state index contributed by atoms with van der Waals surface area (Å²) in [5.74, 6) is -0.114. The number of aldehydes is 1. The number of benzene rings is 1. The first-order valence-electron chi connectivity index (χ1n) is 8.34. The highest BCUT2D eigenvalue weighted by molar-refractivity contribution is 7.89. The van der Waals surface area contributed by atoms with Crippen LogP contribution in [-0.4, -0.2) is 42.8 Å². The Hall–Kier alpha value is -2.19. The molecule has 7 nitrogen and oxygen atoms in total. The first-order chi connectivity index (χ1) is 12.1. The van der Waals surface area contributed by atoms with Crippen LogP contribution in [-0.2, 0) is 26.0 Å². The molecule has 142 valence electrons. The molecule has 0 aliphatic rings. The average molecular weight is 380 g/mol. The van der Waals surface area contributed by atoms with Gasteiger partial charge in [-0.1, -0.05) is 18.2 Å². The van der Waals surface area contributed by atoms with Crippen molar-refractivity contribution in [3.63, 3.8) is 0 Å². The minimum atomic E-state index is -3.52. The van der Waals surface area contributed by atoms with Crippen molar-refractivity contribution in [2.24, 2.45) is 0 Å². The van der Waals surface area contributed by atoms with Crippen LogP contribution in [0.15, 0.2) is 30.5 Å². The Morgan fingerprint density at radius 2 is 1.96 bits per heavy atom. The molecule has 0 aliphatic carbocycles. The van der Waals surface area contributed by atoms with Crippen molar-refractivity contribution in [1.29, 1.82) is 0 Å². The molecule has 0 bridgehead atoms. The molecule has 0 saturated heterocycles. The zero-order chi connectivity index (χ0) is 19.5. The van der Waals surface area contributed by atoms with E-state index < -0.39 is 27.8 Å². The minimum absolute atomic E-state index is 0.114. The highest BCUT2D eigenvalue weighted by Crippen LogP contribution is 2.24. The van der Waals surface area contributed by atoms with E-state index in [0.29, 0.717) is 17.4 Å². The van der Waals surface area contributed by atoms with Gasteiger partial charge in [-0.15, -0.1) is 0 Å². The normalized spacial score (nSPS) is 13.5. The largest absolute Gasteiger partial charge is 0.443 e. The quantitative estimate of drug-likeness (QED) is 0.777. The first-order valence-corrected chi connectivity index (χ1v) is 9.99. The van der Waals surface area contributed by atoms with Crippen LogP contribution in [0.2, 0.25) is 0 Å². The van der Waals surface area contributed by atoms with Gasteiger partial charge in [-0.25, -0.2) is 17.9 Å². The Morgan fingerprint density at radius 3 is 2.54 bits per heavy atom. The highest BCUT2D eigenvalue weighted by Gasteiger charge is 2.23. The van der Waals surface area contributed by atoms with Crippen LogP contribution in [0.5, 0.6) is 0 Å². The Balaban J connectivity index is 2.39. The summed E-state index contributed by atoms with van der Waals surface area (Å²) in [4.78, 5) is 23.8. The van der Waals surface area contributed by atoms with Crippen LogP contribution < -0.4 is 4.72 Å². The van der Waals surface area contributed by atoms with E-state index in [1.165, 1.54) is 11.5 Å². The smallest absolute Gasteiger partial charge is 0.419 e. The van der Waals surface area contributed by atoms with Gasteiger partial charge in [-0.3, -0.25) is 4.57 Å². The van der Waals surface area contributed by atoms with E-state index in [4.69, 9.17) is 4.74 Å². The fraction of sp³-hybridized carbons (Fsp3) is 0.444. The zero-order valence-corrected chi connectivity index (χ0v) is 16.2. The van der Waals surface area contributed by atoms with Crippen molar-refractivity contribution in [2.75, 3.05) is 5.75 Å². The number of fused-ring (bicyclic) bond motifs is 1. The molecule has 26 heavy (non-hydrogen) atoms. The number of sulfonamides is 1. The van der Waals surface area contributed by atoms with Gasteiger partial charge in [0.25, 0.3) is 0 Å². The molecule has 0 radical (unpaired) electrons. The summed E-state index contributed by atoms with van der Waals surface area (Å²) in [5.41, 5.74) is 0.673. The molecule has 0 spiro atoms. The number of carbonyl (C=O) groups is 2. The van der Waals surface area contributed by atoms with Gasteiger partial charge in [0, 0.05) is 11.6 Å². The topological polar surface area (TPSA) is 94.5 Å². The van der Waals surface area contributed by atoms with Gasteiger partial charge < -0.3 is 9.53 Å². The summed E-state index contributed by atoms with van der Waals surface area (Å²) < 4.78 is 32.6. The molecule has 2 aromatic rings. The highest BCUT2D eigenvalue weighted by atomic mass is 32.2. The predicted octanol–water partition coefficient (Wildman–Crippen LogP) is 2.47. The van der Waals surface area contributed by atoms with Gasteiger partial charge in [0.15, 0.2) is 0 Å². The average Bonchev–Trinajstić information content (AvgIpc) is 2.91. The van der Waals surface area contributed by atoms with Crippen LogP contribution in [0.1, 0.15) is 33.3 Å². The summed E-state index contributed by atoms with van der Waals surface area (Å²) in [6.07, 6.45) is 1.76. The fourth-order valence-corrected chi connectivity index (χ4v) is 3.31. The number of aromatic nitrogens is 1. The number of carbonyl (C=O) groups excluding carboxylic acids is 2. The number of nitrogens with zero attached hydrogens (tertiary/aromatic N) is 1. The molecule has 0 unspecified atom stereocenters. The maximum absolute atomic E-state index is 12.5. The predicted molar refractivity (Wildman–Crippen MR) is 99.7 cm³/mol. The molecule has 1 N–H and O–H groups in total. The van der Waals surface area contributed by atoms with Crippen molar-refractivity contribution in [1.82, 2.24) is 9.29 Å². The molecule has 8 heteroatoms. The molecule has 0 aliphatic heterocycles. The Kier molecular flexibility index (Phi) is 5.87. The van der Waals surface area contributed by atoms with Crippen molar-refractivity contribution in [3.8, 4) is 0 Å². The molecule has 1 heterocycles. The first kappa shape index (κ1) is 20.1. The lowest BCUT2D eigenvalue weighted by Gasteiger charge is -2.19. The second kappa shape index (κ2) is 7.59. The lowest BCUT2D eigenvalue weighted by Crippen LogP contribution is -2.38. The molecule has 1 aromatic heterocycles. The van der Waals surface area contributed by atoms with Gasteiger partial charge in [0.05, 0.1) is 17.3 Å². The summed E-state index contributed by atoms with van der Waals surface area (Å²) in [7, 11) is -3.52. The van der Waals surface area contributed by atoms with E-state index in [9.17, 15) is 18.0 Å². The van der Waals surface area contributed by atoms with E-state index >= 15 is 0 Å². The molecular formula is C18H24N2O5S. The van der Waals surface area contributed by atoms with E-state index in [1.807, 2.05) is 12.1 Å². The number of para-hydroxylation sites is 1. The molecular weight excluding hydrogens is 356 g/mol. The van der Waals surface area contributed by atoms with Gasteiger partial charge in [-0.05, 0) is 45.7 Å². The minimum Gasteiger partial charge on any atom is -0.443 e. The third-order valence-electron chi connectivity index (χ3n) is 3.70. The Morgan fingerprint density at radius 1 is 1.31 bits per heavy atom. The standard InChI is InChI=1S/C18H24N2O5S/c1-5-26(23,24)19-14(12-21)10-13-11-20(17(22)25-18(2,3)4)16-9-7-6-8-15(13)16/h6-9,11-12,14,19H,5,10H2,1-4H3/t14-/m1/s1. The van der Waals surface area contributed by atoms with Crippen molar-refractivity contribution >= 4 is 33.3 Å². The van der Waals surface area contributed by atoms with Gasteiger partial charge in [-0.2, -0.15) is 0 Å². The second-order valence-corrected chi connectivity index (χ2v) is 9.03. The number of nitrogens with one attached hydrogen (secondary N) is 1. The number of ether oxygens (including phenoxy) is 1. The van der Waals surface area contributed by atoms with Gasteiger partial charge >= 0.3 is 6.09 Å². The summed E-state index contributed by atoms with van der Waals surface area (Å²) >= 11 is 0. The monoisotopic (exact) mass is 380 g/mol. The lowest BCUT2D eigenvalue weighted by molar-refractivity contribution is -0.109. The van der Waals surface area contributed by atoms with Crippen molar-refractivity contribution < 1.29 is 22.7 Å². The van der Waals surface area contributed by atoms with Crippen LogP contribution in [0.3, 0.4) is 0 Å². The molecule has 1 atom stereocenters. The number of hydrogen-bond donors (Lipinski definition) is 1. The third kappa shape index (κ3) is 4.92. The van der Waals surface area contributed by atoms with Crippen LogP contribution in [0, 0.1) is 0 Å². The molecule has 0 fully saturated rings.